The molecular formula is C15H22N2O3. The summed E-state index contributed by atoms with van der Waals surface area (Å²) < 4.78 is 4.92. The summed E-state index contributed by atoms with van der Waals surface area (Å²) in [4.78, 5) is 23.0. The van der Waals surface area contributed by atoms with Gasteiger partial charge in [0.25, 0.3) is 5.91 Å². The van der Waals surface area contributed by atoms with Gasteiger partial charge in [0, 0.05) is 18.7 Å². The van der Waals surface area contributed by atoms with Crippen molar-refractivity contribution in [2.24, 2.45) is 0 Å². The zero-order valence-corrected chi connectivity index (χ0v) is 12.1. The fourth-order valence-corrected chi connectivity index (χ4v) is 1.51. The molecule has 0 aromatic heterocycles. The van der Waals surface area contributed by atoms with Crippen molar-refractivity contribution >= 4 is 12.0 Å². The second kappa shape index (κ2) is 8.96. The molecule has 0 spiro atoms. The van der Waals surface area contributed by atoms with Gasteiger partial charge in [0.2, 0.25) is 0 Å². The third-order valence-corrected chi connectivity index (χ3v) is 2.72. The Morgan fingerprint density at radius 1 is 1.10 bits per heavy atom. The molecule has 2 amide bonds. The highest BCUT2D eigenvalue weighted by atomic mass is 16.5. The smallest absolute Gasteiger partial charge is 0.407 e. The molecule has 0 unspecified atom stereocenters. The van der Waals surface area contributed by atoms with E-state index in [1.54, 1.807) is 12.1 Å². The average Bonchev–Trinajstić information content (AvgIpc) is 2.44. The number of benzene rings is 1. The Bertz CT molecular complexity index is 429. The monoisotopic (exact) mass is 278 g/mol. The number of nitrogens with one attached hydrogen (secondary N) is 2. The van der Waals surface area contributed by atoms with Crippen molar-refractivity contribution in [2.45, 2.75) is 26.7 Å². The maximum absolute atomic E-state index is 11.8. The number of aryl methyl sites for hydroxylation is 1. The Morgan fingerprint density at radius 2 is 1.75 bits per heavy atom. The van der Waals surface area contributed by atoms with E-state index in [0.29, 0.717) is 25.3 Å². The topological polar surface area (TPSA) is 67.4 Å². The lowest BCUT2D eigenvalue weighted by atomic mass is 10.1. The van der Waals surface area contributed by atoms with E-state index in [9.17, 15) is 9.59 Å². The lowest BCUT2D eigenvalue weighted by Crippen LogP contribution is -2.35. The molecule has 0 heterocycles. The second-order valence-corrected chi connectivity index (χ2v) is 4.54. The average molecular weight is 278 g/mol. The van der Waals surface area contributed by atoms with Crippen LogP contribution in [0, 0.1) is 6.92 Å². The van der Waals surface area contributed by atoms with Crippen LogP contribution >= 0.6 is 0 Å². The van der Waals surface area contributed by atoms with Crippen molar-refractivity contribution < 1.29 is 14.3 Å². The largest absolute Gasteiger partial charge is 0.450 e. The van der Waals surface area contributed by atoms with E-state index in [-0.39, 0.29) is 5.91 Å². The van der Waals surface area contributed by atoms with Crippen LogP contribution in [0.4, 0.5) is 4.79 Å². The van der Waals surface area contributed by atoms with Crippen molar-refractivity contribution in [2.75, 3.05) is 19.7 Å². The molecule has 0 aliphatic carbocycles. The number of rotatable bonds is 7. The van der Waals surface area contributed by atoms with E-state index in [2.05, 4.69) is 10.6 Å². The summed E-state index contributed by atoms with van der Waals surface area (Å²) in [6.45, 7) is 5.15. The summed E-state index contributed by atoms with van der Waals surface area (Å²) in [6.07, 6.45) is 1.40. The SMILES string of the molecule is CCCCOC(=O)NCCNC(=O)c1ccc(C)cc1. The number of hydrogen-bond donors (Lipinski definition) is 2. The Labute approximate surface area is 119 Å². The van der Waals surface area contributed by atoms with Crippen molar-refractivity contribution in [1.29, 1.82) is 0 Å². The van der Waals surface area contributed by atoms with Crippen molar-refractivity contribution in [3.05, 3.63) is 35.4 Å². The summed E-state index contributed by atoms with van der Waals surface area (Å²) in [5, 5.41) is 5.31. The molecule has 1 rings (SSSR count). The standard InChI is InChI=1S/C15H22N2O3/c1-3-4-11-20-15(19)17-10-9-16-14(18)13-7-5-12(2)6-8-13/h5-8H,3-4,9-11H2,1-2H3,(H,16,18)(H,17,19). The minimum Gasteiger partial charge on any atom is -0.450 e. The number of ether oxygens (including phenoxy) is 1. The maximum atomic E-state index is 11.8. The first-order valence-electron chi connectivity index (χ1n) is 6.89. The molecule has 0 fully saturated rings. The molecule has 0 atom stereocenters. The first-order valence-corrected chi connectivity index (χ1v) is 6.89. The molecule has 1 aromatic carbocycles. The van der Waals surface area contributed by atoms with Crippen LogP contribution in [-0.2, 0) is 4.74 Å². The van der Waals surface area contributed by atoms with Crippen molar-refractivity contribution in [1.82, 2.24) is 10.6 Å². The Kier molecular flexibility index (Phi) is 7.17. The Morgan fingerprint density at radius 3 is 2.40 bits per heavy atom. The van der Waals surface area contributed by atoms with E-state index in [1.807, 2.05) is 26.0 Å². The van der Waals surface area contributed by atoms with E-state index in [0.717, 1.165) is 18.4 Å². The molecule has 5 nitrogen and oxygen atoms in total. The molecule has 0 aliphatic rings. The molecule has 2 N–H and O–H groups in total. The first kappa shape index (κ1) is 16.0. The highest BCUT2D eigenvalue weighted by Gasteiger charge is 2.04. The summed E-state index contributed by atoms with van der Waals surface area (Å²) in [5.74, 6) is -0.147. The van der Waals surface area contributed by atoms with Crippen molar-refractivity contribution in [3.8, 4) is 0 Å². The lowest BCUT2D eigenvalue weighted by molar-refractivity contribution is 0.0952. The molecule has 0 bridgehead atoms. The highest BCUT2D eigenvalue weighted by Crippen LogP contribution is 2.02. The third kappa shape index (κ3) is 6.22. The minimum absolute atomic E-state index is 0.147. The van der Waals surface area contributed by atoms with Crippen LogP contribution in [0.15, 0.2) is 24.3 Å². The fourth-order valence-electron chi connectivity index (χ4n) is 1.51. The quantitative estimate of drug-likeness (QED) is 0.752. The van der Waals surface area contributed by atoms with Gasteiger partial charge in [-0.2, -0.15) is 0 Å². The molecule has 0 radical (unpaired) electrons. The molecule has 20 heavy (non-hydrogen) atoms. The Balaban J connectivity index is 2.16. The van der Waals surface area contributed by atoms with Gasteiger partial charge in [-0.05, 0) is 25.5 Å². The summed E-state index contributed by atoms with van der Waals surface area (Å²) >= 11 is 0. The van der Waals surface area contributed by atoms with Gasteiger partial charge in [0.15, 0.2) is 0 Å². The van der Waals surface area contributed by atoms with Crippen LogP contribution < -0.4 is 10.6 Å². The second-order valence-electron chi connectivity index (χ2n) is 4.54. The van der Waals surface area contributed by atoms with Crippen molar-refractivity contribution in [3.63, 3.8) is 0 Å². The van der Waals surface area contributed by atoms with Gasteiger partial charge in [0.1, 0.15) is 0 Å². The number of carbonyl (C=O) groups excluding carboxylic acids is 2. The number of hydrogen-bond acceptors (Lipinski definition) is 3. The third-order valence-electron chi connectivity index (χ3n) is 2.72. The zero-order chi connectivity index (χ0) is 14.8. The van der Waals surface area contributed by atoms with E-state index in [4.69, 9.17) is 4.74 Å². The van der Waals surface area contributed by atoms with Gasteiger partial charge in [-0.3, -0.25) is 4.79 Å². The van der Waals surface area contributed by atoms with Gasteiger partial charge in [-0.1, -0.05) is 31.0 Å². The summed E-state index contributed by atoms with van der Waals surface area (Å²) in [5.41, 5.74) is 1.72. The maximum Gasteiger partial charge on any atom is 0.407 e. The van der Waals surface area contributed by atoms with Gasteiger partial charge in [-0.25, -0.2) is 4.79 Å². The zero-order valence-electron chi connectivity index (χ0n) is 12.1. The Hall–Kier alpha value is -2.04. The van der Waals surface area contributed by atoms with Gasteiger partial charge < -0.3 is 15.4 Å². The molecule has 0 aliphatic heterocycles. The number of unbranched alkanes of at least 4 members (excludes halogenated alkanes) is 1. The molecular weight excluding hydrogens is 256 g/mol. The van der Waals surface area contributed by atoms with Crippen LogP contribution in [0.2, 0.25) is 0 Å². The number of amides is 2. The minimum atomic E-state index is -0.442. The molecule has 5 heteroatoms. The number of carbonyl (C=O) groups is 2. The predicted molar refractivity (Wildman–Crippen MR) is 77.8 cm³/mol. The normalized spacial score (nSPS) is 9.90. The van der Waals surface area contributed by atoms with E-state index in [1.165, 1.54) is 0 Å². The summed E-state index contributed by atoms with van der Waals surface area (Å²) in [6, 6.07) is 7.32. The summed E-state index contributed by atoms with van der Waals surface area (Å²) in [7, 11) is 0. The van der Waals surface area contributed by atoms with Crippen LogP contribution in [0.1, 0.15) is 35.7 Å². The van der Waals surface area contributed by atoms with E-state index < -0.39 is 6.09 Å². The highest BCUT2D eigenvalue weighted by molar-refractivity contribution is 5.94. The van der Waals surface area contributed by atoms with Crippen LogP contribution in [-0.4, -0.2) is 31.7 Å². The molecule has 0 saturated carbocycles. The molecule has 110 valence electrons. The van der Waals surface area contributed by atoms with Crippen LogP contribution in [0.3, 0.4) is 0 Å². The van der Waals surface area contributed by atoms with E-state index >= 15 is 0 Å². The van der Waals surface area contributed by atoms with Gasteiger partial charge >= 0.3 is 6.09 Å². The van der Waals surface area contributed by atoms with Crippen LogP contribution in [0.5, 0.6) is 0 Å². The first-order chi connectivity index (χ1) is 9.63. The fraction of sp³-hybridized carbons (Fsp3) is 0.467. The van der Waals surface area contributed by atoms with Gasteiger partial charge in [0.05, 0.1) is 6.61 Å². The van der Waals surface area contributed by atoms with Gasteiger partial charge in [-0.15, -0.1) is 0 Å². The predicted octanol–water partition coefficient (Wildman–Crippen LogP) is 2.25. The molecule has 1 aromatic rings. The van der Waals surface area contributed by atoms with Crippen LogP contribution in [0.25, 0.3) is 0 Å². The number of alkyl carbamates (subject to hydrolysis) is 1. The molecule has 0 saturated heterocycles. The lowest BCUT2D eigenvalue weighted by Gasteiger charge is -2.08.